The monoisotopic (exact) mass is 288 g/mol. The van der Waals surface area contributed by atoms with E-state index >= 15 is 0 Å². The van der Waals surface area contributed by atoms with Crippen molar-refractivity contribution in [2.45, 2.75) is 53.6 Å². The Hall–Kier alpha value is -1.58. The number of aryl methyl sites for hydroxylation is 1. The molecule has 0 bridgehead atoms. The summed E-state index contributed by atoms with van der Waals surface area (Å²) in [6, 6.07) is 4.05. The van der Waals surface area contributed by atoms with Gasteiger partial charge < -0.3 is 10.2 Å². The number of rotatable bonds is 3. The molecule has 2 heterocycles. The van der Waals surface area contributed by atoms with E-state index in [9.17, 15) is 0 Å². The highest BCUT2D eigenvalue weighted by molar-refractivity contribution is 5.82. The Morgan fingerprint density at radius 1 is 1.38 bits per heavy atom. The molecule has 0 aromatic carbocycles. The van der Waals surface area contributed by atoms with Gasteiger partial charge in [0.25, 0.3) is 0 Å². The van der Waals surface area contributed by atoms with Crippen LogP contribution in [0.25, 0.3) is 0 Å². The summed E-state index contributed by atoms with van der Waals surface area (Å²) in [5.41, 5.74) is 2.67. The fourth-order valence-corrected chi connectivity index (χ4v) is 2.63. The fourth-order valence-electron chi connectivity index (χ4n) is 2.63. The maximum atomic E-state index is 4.80. The first-order valence-corrected chi connectivity index (χ1v) is 7.76. The Kier molecular flexibility index (Phi) is 4.26. The third kappa shape index (κ3) is 2.89. The molecule has 1 aliphatic heterocycles. The Morgan fingerprint density at radius 3 is 2.62 bits per heavy atom. The lowest BCUT2D eigenvalue weighted by atomic mass is 9.65. The molecule has 1 aromatic heterocycles. The summed E-state index contributed by atoms with van der Waals surface area (Å²) in [6.07, 6.45) is 1.83. The van der Waals surface area contributed by atoms with Gasteiger partial charge in [0.05, 0.1) is 12.2 Å². The molecule has 4 nitrogen and oxygen atoms in total. The summed E-state index contributed by atoms with van der Waals surface area (Å²) < 4.78 is 0. The first-order valence-electron chi connectivity index (χ1n) is 7.76. The lowest BCUT2D eigenvalue weighted by Gasteiger charge is -2.62. The van der Waals surface area contributed by atoms with E-state index in [1.165, 1.54) is 5.56 Å². The third-order valence-electron chi connectivity index (χ3n) is 4.97. The van der Waals surface area contributed by atoms with E-state index in [2.05, 4.69) is 62.8 Å². The Balaban J connectivity index is 2.17. The number of pyridine rings is 1. The summed E-state index contributed by atoms with van der Waals surface area (Å²) in [5.74, 6) is 0.992. The van der Waals surface area contributed by atoms with Crippen molar-refractivity contribution in [2.75, 3.05) is 13.1 Å². The normalized spacial score (nSPS) is 20.1. The van der Waals surface area contributed by atoms with Crippen molar-refractivity contribution in [2.24, 2.45) is 10.4 Å². The summed E-state index contributed by atoms with van der Waals surface area (Å²) >= 11 is 0. The lowest BCUT2D eigenvalue weighted by molar-refractivity contribution is -0.0667. The van der Waals surface area contributed by atoms with Gasteiger partial charge in [0.15, 0.2) is 5.96 Å². The minimum absolute atomic E-state index is 0.118. The van der Waals surface area contributed by atoms with Crippen molar-refractivity contribution in [3.63, 3.8) is 0 Å². The number of hydrogen-bond acceptors (Lipinski definition) is 2. The van der Waals surface area contributed by atoms with Crippen LogP contribution in [-0.4, -0.2) is 34.5 Å². The molecule has 116 valence electrons. The smallest absolute Gasteiger partial charge is 0.194 e. The van der Waals surface area contributed by atoms with Crippen LogP contribution in [0.1, 0.15) is 45.9 Å². The predicted octanol–water partition coefficient (Wildman–Crippen LogP) is 2.98. The van der Waals surface area contributed by atoms with Gasteiger partial charge >= 0.3 is 0 Å². The maximum Gasteiger partial charge on any atom is 0.194 e. The second kappa shape index (κ2) is 5.66. The zero-order chi connectivity index (χ0) is 15.7. The second-order valence-corrected chi connectivity index (χ2v) is 6.97. The maximum absolute atomic E-state index is 4.80. The summed E-state index contributed by atoms with van der Waals surface area (Å²) in [7, 11) is 0. The molecule has 0 amide bonds. The number of guanidine groups is 1. The fraction of sp³-hybridized carbons (Fsp3) is 0.647. The molecule has 4 heteroatoms. The minimum atomic E-state index is 0.118. The zero-order valence-corrected chi connectivity index (χ0v) is 14.2. The van der Waals surface area contributed by atoms with Gasteiger partial charge in [-0.2, -0.15) is 0 Å². The molecule has 0 unspecified atom stereocenters. The summed E-state index contributed by atoms with van der Waals surface area (Å²) in [4.78, 5) is 11.6. The van der Waals surface area contributed by atoms with Crippen LogP contribution in [0.5, 0.6) is 0 Å². The molecule has 2 rings (SSSR count). The highest BCUT2D eigenvalue weighted by Gasteiger charge is 2.53. The van der Waals surface area contributed by atoms with E-state index in [4.69, 9.17) is 4.99 Å². The van der Waals surface area contributed by atoms with Crippen molar-refractivity contribution in [3.8, 4) is 0 Å². The standard InChI is InChI=1S/C17H28N4/c1-7-18-15(21-12-16(3,4)17(21,5)6)20-11-14-13(2)9-8-10-19-14/h8-10H,7,11-12H2,1-6H3,(H,18,20). The molecule has 1 fully saturated rings. The van der Waals surface area contributed by atoms with Gasteiger partial charge in [-0.15, -0.1) is 0 Å². The van der Waals surface area contributed by atoms with Crippen LogP contribution < -0.4 is 5.32 Å². The van der Waals surface area contributed by atoms with E-state index in [1.54, 1.807) is 0 Å². The van der Waals surface area contributed by atoms with Crippen LogP contribution in [0.2, 0.25) is 0 Å². The molecule has 1 aromatic rings. The molecule has 0 aliphatic carbocycles. The SMILES string of the molecule is CCNC(=NCc1ncccc1C)N1CC(C)(C)C1(C)C. The van der Waals surface area contributed by atoms with Crippen LogP contribution in [0.15, 0.2) is 23.3 Å². The van der Waals surface area contributed by atoms with Crippen LogP contribution in [0.3, 0.4) is 0 Å². The Morgan fingerprint density at radius 2 is 2.10 bits per heavy atom. The minimum Gasteiger partial charge on any atom is -0.356 e. The molecule has 0 spiro atoms. The number of hydrogen-bond donors (Lipinski definition) is 1. The Bertz CT molecular complexity index is 531. The number of likely N-dealkylation sites (tertiary alicyclic amines) is 1. The van der Waals surface area contributed by atoms with Gasteiger partial charge in [0.2, 0.25) is 0 Å². The van der Waals surface area contributed by atoms with Gasteiger partial charge in [0.1, 0.15) is 0 Å². The van der Waals surface area contributed by atoms with E-state index in [-0.39, 0.29) is 5.54 Å². The first kappa shape index (κ1) is 15.8. The average Bonchev–Trinajstić information content (AvgIpc) is 2.43. The van der Waals surface area contributed by atoms with E-state index in [0.29, 0.717) is 12.0 Å². The van der Waals surface area contributed by atoms with E-state index in [0.717, 1.165) is 24.7 Å². The molecule has 1 saturated heterocycles. The summed E-state index contributed by atoms with van der Waals surface area (Å²) in [5, 5.41) is 3.42. The summed E-state index contributed by atoms with van der Waals surface area (Å²) in [6.45, 7) is 15.9. The quantitative estimate of drug-likeness (QED) is 0.686. The molecule has 0 saturated carbocycles. The largest absolute Gasteiger partial charge is 0.356 e. The number of nitrogens with zero attached hydrogens (tertiary/aromatic N) is 3. The first-order chi connectivity index (χ1) is 9.79. The van der Waals surface area contributed by atoms with Crippen molar-refractivity contribution < 1.29 is 0 Å². The van der Waals surface area contributed by atoms with Crippen molar-refractivity contribution >= 4 is 5.96 Å². The molecule has 21 heavy (non-hydrogen) atoms. The lowest BCUT2D eigenvalue weighted by Crippen LogP contribution is -2.72. The molecular formula is C17H28N4. The molecule has 1 N–H and O–H groups in total. The highest BCUT2D eigenvalue weighted by Crippen LogP contribution is 2.46. The van der Waals surface area contributed by atoms with Gasteiger partial charge in [0, 0.05) is 30.2 Å². The Labute approximate surface area is 128 Å². The average molecular weight is 288 g/mol. The topological polar surface area (TPSA) is 40.5 Å². The van der Waals surface area contributed by atoms with Crippen molar-refractivity contribution in [1.29, 1.82) is 0 Å². The zero-order valence-electron chi connectivity index (χ0n) is 14.2. The van der Waals surface area contributed by atoms with Crippen LogP contribution in [-0.2, 0) is 6.54 Å². The predicted molar refractivity (Wildman–Crippen MR) is 88.4 cm³/mol. The number of aromatic nitrogens is 1. The van der Waals surface area contributed by atoms with Crippen LogP contribution >= 0.6 is 0 Å². The second-order valence-electron chi connectivity index (χ2n) is 6.97. The van der Waals surface area contributed by atoms with E-state index < -0.39 is 0 Å². The molecule has 0 radical (unpaired) electrons. The molecule has 1 aliphatic rings. The van der Waals surface area contributed by atoms with E-state index in [1.807, 2.05) is 12.3 Å². The van der Waals surface area contributed by atoms with Gasteiger partial charge in [-0.3, -0.25) is 4.98 Å². The van der Waals surface area contributed by atoms with Gasteiger partial charge in [-0.05, 0) is 39.3 Å². The molecular weight excluding hydrogens is 260 g/mol. The number of aliphatic imine (C=N–C) groups is 1. The van der Waals surface area contributed by atoms with Crippen LogP contribution in [0, 0.1) is 12.3 Å². The van der Waals surface area contributed by atoms with Crippen LogP contribution in [0.4, 0.5) is 0 Å². The van der Waals surface area contributed by atoms with Gasteiger partial charge in [-0.25, -0.2) is 4.99 Å². The molecule has 0 atom stereocenters. The van der Waals surface area contributed by atoms with Gasteiger partial charge in [-0.1, -0.05) is 19.9 Å². The third-order valence-corrected chi connectivity index (χ3v) is 4.97. The highest BCUT2D eigenvalue weighted by atomic mass is 15.4. The number of nitrogens with one attached hydrogen (secondary N) is 1. The van der Waals surface area contributed by atoms with Crippen molar-refractivity contribution in [3.05, 3.63) is 29.6 Å². The van der Waals surface area contributed by atoms with Crippen molar-refractivity contribution in [1.82, 2.24) is 15.2 Å².